The van der Waals surface area contributed by atoms with Gasteiger partial charge in [0.1, 0.15) is 11.5 Å². The number of methoxy groups -OCH3 is 1. The first-order valence-electron chi connectivity index (χ1n) is 9.98. The summed E-state index contributed by atoms with van der Waals surface area (Å²) >= 11 is 0. The molecule has 158 valence electrons. The fourth-order valence-electron chi connectivity index (χ4n) is 4.35. The van der Waals surface area contributed by atoms with Gasteiger partial charge in [0.15, 0.2) is 15.4 Å². The SMILES string of the molecule is COc1ccc(CN2CCCC3(CC(C(=O)NC4CCS(=O)(=O)C4)=NO3)C2)cc1. The summed E-state index contributed by atoms with van der Waals surface area (Å²) in [5.74, 6) is 0.664. The van der Waals surface area contributed by atoms with Crippen molar-refractivity contribution < 1.29 is 22.8 Å². The van der Waals surface area contributed by atoms with Crippen LogP contribution in [0.1, 0.15) is 31.2 Å². The van der Waals surface area contributed by atoms with Gasteiger partial charge in [-0.1, -0.05) is 17.3 Å². The second-order valence-corrected chi connectivity index (χ2v) is 10.5. The van der Waals surface area contributed by atoms with Crippen LogP contribution in [0.4, 0.5) is 0 Å². The molecule has 1 aromatic rings. The second-order valence-electron chi connectivity index (χ2n) is 8.22. The number of nitrogens with zero attached hydrogens (tertiary/aromatic N) is 2. The summed E-state index contributed by atoms with van der Waals surface area (Å²) in [5, 5.41) is 6.87. The lowest BCUT2D eigenvalue weighted by atomic mass is 9.87. The average molecular weight is 422 g/mol. The van der Waals surface area contributed by atoms with E-state index in [0.717, 1.165) is 31.7 Å². The van der Waals surface area contributed by atoms with E-state index in [4.69, 9.17) is 9.57 Å². The average Bonchev–Trinajstić information content (AvgIpc) is 3.25. The van der Waals surface area contributed by atoms with Crippen molar-refractivity contribution in [2.75, 3.05) is 31.7 Å². The summed E-state index contributed by atoms with van der Waals surface area (Å²) in [5.41, 5.74) is 1.09. The smallest absolute Gasteiger partial charge is 0.269 e. The Morgan fingerprint density at radius 1 is 1.38 bits per heavy atom. The maximum absolute atomic E-state index is 12.5. The third-order valence-electron chi connectivity index (χ3n) is 5.85. The van der Waals surface area contributed by atoms with E-state index in [1.807, 2.05) is 12.1 Å². The summed E-state index contributed by atoms with van der Waals surface area (Å²) in [6, 6.07) is 7.69. The Labute approximate surface area is 171 Å². The number of rotatable bonds is 5. The number of likely N-dealkylation sites (tertiary alicyclic amines) is 1. The quantitative estimate of drug-likeness (QED) is 0.765. The van der Waals surface area contributed by atoms with Crippen LogP contribution in [0.15, 0.2) is 29.4 Å². The molecule has 2 unspecified atom stereocenters. The van der Waals surface area contributed by atoms with Crippen LogP contribution in [0.2, 0.25) is 0 Å². The number of carbonyl (C=O) groups excluding carboxylic acids is 1. The van der Waals surface area contributed by atoms with Crippen molar-refractivity contribution in [1.29, 1.82) is 0 Å². The van der Waals surface area contributed by atoms with Crippen LogP contribution in [-0.2, 0) is 26.0 Å². The van der Waals surface area contributed by atoms with Gasteiger partial charge < -0.3 is 14.9 Å². The predicted octanol–water partition coefficient (Wildman–Crippen LogP) is 1.11. The minimum Gasteiger partial charge on any atom is -0.497 e. The zero-order valence-corrected chi connectivity index (χ0v) is 17.4. The molecule has 0 aromatic heterocycles. The normalized spacial score (nSPS) is 28.7. The van der Waals surface area contributed by atoms with Gasteiger partial charge >= 0.3 is 0 Å². The molecular weight excluding hydrogens is 394 g/mol. The van der Waals surface area contributed by atoms with E-state index in [0.29, 0.717) is 25.1 Å². The fourth-order valence-corrected chi connectivity index (χ4v) is 6.03. The molecule has 0 radical (unpaired) electrons. The number of hydrogen-bond acceptors (Lipinski definition) is 7. The maximum atomic E-state index is 12.5. The first-order chi connectivity index (χ1) is 13.9. The van der Waals surface area contributed by atoms with Crippen molar-refractivity contribution in [2.24, 2.45) is 5.16 Å². The minimum atomic E-state index is -3.03. The second kappa shape index (κ2) is 7.95. The molecule has 0 aliphatic carbocycles. The number of ether oxygens (including phenoxy) is 1. The highest BCUT2D eigenvalue weighted by atomic mass is 32.2. The molecule has 29 heavy (non-hydrogen) atoms. The van der Waals surface area contributed by atoms with Crippen LogP contribution in [0, 0.1) is 0 Å². The van der Waals surface area contributed by atoms with Crippen molar-refractivity contribution in [1.82, 2.24) is 10.2 Å². The molecule has 9 heteroatoms. The molecule has 0 saturated carbocycles. The Hall–Kier alpha value is -2.13. The number of amides is 1. The fraction of sp³-hybridized carbons (Fsp3) is 0.600. The summed E-state index contributed by atoms with van der Waals surface area (Å²) in [7, 11) is -1.38. The van der Waals surface area contributed by atoms with Gasteiger partial charge in [-0.05, 0) is 43.5 Å². The largest absolute Gasteiger partial charge is 0.497 e. The number of piperidine rings is 1. The molecule has 2 atom stereocenters. The summed E-state index contributed by atoms with van der Waals surface area (Å²) in [4.78, 5) is 20.6. The third-order valence-corrected chi connectivity index (χ3v) is 7.62. The monoisotopic (exact) mass is 421 g/mol. The molecule has 4 rings (SSSR count). The number of benzene rings is 1. The van der Waals surface area contributed by atoms with Crippen LogP contribution >= 0.6 is 0 Å². The number of hydrogen-bond donors (Lipinski definition) is 1. The van der Waals surface area contributed by atoms with E-state index < -0.39 is 15.4 Å². The molecule has 3 aliphatic heterocycles. The van der Waals surface area contributed by atoms with Crippen LogP contribution in [0.3, 0.4) is 0 Å². The Balaban J connectivity index is 1.32. The highest BCUT2D eigenvalue weighted by Gasteiger charge is 2.45. The lowest BCUT2D eigenvalue weighted by Gasteiger charge is -2.38. The first kappa shape index (κ1) is 20.2. The van der Waals surface area contributed by atoms with Gasteiger partial charge in [-0.2, -0.15) is 0 Å². The summed E-state index contributed by atoms with van der Waals surface area (Å²) in [6.07, 6.45) is 2.74. The Kier molecular flexibility index (Phi) is 5.52. The van der Waals surface area contributed by atoms with Crippen LogP contribution in [0.5, 0.6) is 5.75 Å². The molecule has 0 bridgehead atoms. The topological polar surface area (TPSA) is 97.3 Å². The molecule has 8 nitrogen and oxygen atoms in total. The Morgan fingerprint density at radius 3 is 2.86 bits per heavy atom. The molecule has 1 spiro atoms. The molecule has 1 aromatic carbocycles. The molecule has 2 fully saturated rings. The minimum absolute atomic E-state index is 0.00760. The van der Waals surface area contributed by atoms with E-state index in [9.17, 15) is 13.2 Å². The number of oxime groups is 1. The highest BCUT2D eigenvalue weighted by Crippen LogP contribution is 2.34. The van der Waals surface area contributed by atoms with Gasteiger partial charge in [0.05, 0.1) is 18.6 Å². The van der Waals surface area contributed by atoms with Crippen LogP contribution < -0.4 is 10.1 Å². The van der Waals surface area contributed by atoms with Crippen LogP contribution in [0.25, 0.3) is 0 Å². The van der Waals surface area contributed by atoms with Gasteiger partial charge in [-0.25, -0.2) is 8.42 Å². The van der Waals surface area contributed by atoms with E-state index in [1.165, 1.54) is 5.56 Å². The standard InChI is InChI=1S/C20H27N3O5S/c1-27-17-5-3-15(4-6-17)12-23-9-2-8-20(14-23)11-18(22-28-20)19(24)21-16-7-10-29(25,26)13-16/h3-6,16H,2,7-14H2,1H3,(H,21,24). The van der Waals surface area contributed by atoms with E-state index in [2.05, 4.69) is 27.5 Å². The summed E-state index contributed by atoms with van der Waals surface area (Å²) in [6.45, 7) is 2.48. The van der Waals surface area contributed by atoms with Crippen molar-refractivity contribution >= 4 is 21.5 Å². The predicted molar refractivity (Wildman–Crippen MR) is 109 cm³/mol. The van der Waals surface area contributed by atoms with Gasteiger partial charge in [0, 0.05) is 25.6 Å². The first-order valence-corrected chi connectivity index (χ1v) is 11.8. The molecule has 3 aliphatic rings. The molecule has 1 amide bonds. The Morgan fingerprint density at radius 2 is 2.17 bits per heavy atom. The van der Waals surface area contributed by atoms with Gasteiger partial charge in [-0.15, -0.1) is 0 Å². The van der Waals surface area contributed by atoms with E-state index >= 15 is 0 Å². The lowest BCUT2D eigenvalue weighted by Crippen LogP contribution is -2.49. The highest BCUT2D eigenvalue weighted by molar-refractivity contribution is 7.91. The molecule has 3 heterocycles. The molecule has 1 N–H and O–H groups in total. The summed E-state index contributed by atoms with van der Waals surface area (Å²) < 4.78 is 28.4. The number of sulfone groups is 1. The van der Waals surface area contributed by atoms with Crippen molar-refractivity contribution in [3.05, 3.63) is 29.8 Å². The lowest BCUT2D eigenvalue weighted by molar-refractivity contribution is -0.115. The maximum Gasteiger partial charge on any atom is 0.269 e. The molecular formula is C20H27N3O5S. The number of carbonyl (C=O) groups is 1. The Bertz CT molecular complexity index is 899. The zero-order valence-electron chi connectivity index (χ0n) is 16.6. The van der Waals surface area contributed by atoms with Gasteiger partial charge in [0.25, 0.3) is 5.91 Å². The van der Waals surface area contributed by atoms with E-state index in [1.54, 1.807) is 7.11 Å². The zero-order chi connectivity index (χ0) is 20.5. The molecule has 2 saturated heterocycles. The van der Waals surface area contributed by atoms with E-state index in [-0.39, 0.29) is 23.5 Å². The van der Waals surface area contributed by atoms with Crippen LogP contribution in [-0.4, -0.2) is 68.3 Å². The van der Waals surface area contributed by atoms with Gasteiger partial charge in [-0.3, -0.25) is 9.69 Å². The number of nitrogens with one attached hydrogen (secondary N) is 1. The van der Waals surface area contributed by atoms with Crippen molar-refractivity contribution in [3.8, 4) is 5.75 Å². The third kappa shape index (κ3) is 4.72. The van der Waals surface area contributed by atoms with Crippen molar-refractivity contribution in [2.45, 2.75) is 43.9 Å². The van der Waals surface area contributed by atoms with Gasteiger partial charge in [0.2, 0.25) is 0 Å². The van der Waals surface area contributed by atoms with Crippen molar-refractivity contribution in [3.63, 3.8) is 0 Å².